The lowest BCUT2D eigenvalue weighted by atomic mass is 9.93. The molecule has 30 heavy (non-hydrogen) atoms. The fourth-order valence-electron chi connectivity index (χ4n) is 3.61. The molecule has 4 rings (SSSR count). The van der Waals surface area contributed by atoms with Crippen molar-refractivity contribution >= 4 is 28.8 Å². The van der Waals surface area contributed by atoms with E-state index in [1.165, 1.54) is 12.1 Å². The lowest BCUT2D eigenvalue weighted by Gasteiger charge is -2.14. The summed E-state index contributed by atoms with van der Waals surface area (Å²) in [6.07, 6.45) is 4.24. The van der Waals surface area contributed by atoms with Gasteiger partial charge in [0.05, 0.1) is 22.8 Å². The summed E-state index contributed by atoms with van der Waals surface area (Å²) in [7, 11) is 0. The van der Waals surface area contributed by atoms with Crippen molar-refractivity contribution in [2.75, 3.05) is 0 Å². The van der Waals surface area contributed by atoms with E-state index in [0.29, 0.717) is 24.0 Å². The summed E-state index contributed by atoms with van der Waals surface area (Å²) in [5.41, 5.74) is 2.41. The molecule has 0 saturated carbocycles. The molecule has 2 aromatic carbocycles. The number of carbonyl (C=O) groups excluding carboxylic acids is 1. The molecule has 0 bridgehead atoms. The lowest BCUT2D eigenvalue weighted by Crippen LogP contribution is -2.18. The molecule has 1 aromatic heterocycles. The van der Waals surface area contributed by atoms with Gasteiger partial charge in [0.25, 0.3) is 11.6 Å². The Labute approximate surface area is 169 Å². The standard InChI is InChI=1S/C20H17N3O7/c24-10-5-6-11(15(25)7-10)20(27)22-21-9-13-18-12-3-1-2-4-16(12)30-17(18)8-14(19(13)26)23(28)29/h5-9,24-26H,1-4H2,(H,22,27)/p-1. The number of benzene rings is 2. The molecule has 1 heterocycles. The zero-order valence-corrected chi connectivity index (χ0v) is 15.5. The highest BCUT2D eigenvalue weighted by atomic mass is 16.6. The molecule has 0 radical (unpaired) electrons. The number of hydrogen-bond acceptors (Lipinski definition) is 8. The molecular weight excluding hydrogens is 394 g/mol. The van der Waals surface area contributed by atoms with Crippen molar-refractivity contribution in [1.82, 2.24) is 5.43 Å². The first-order valence-corrected chi connectivity index (χ1v) is 9.15. The van der Waals surface area contributed by atoms with Crippen LogP contribution in [0.3, 0.4) is 0 Å². The van der Waals surface area contributed by atoms with Crippen LogP contribution in [0.5, 0.6) is 17.2 Å². The number of hydrazone groups is 1. The van der Waals surface area contributed by atoms with E-state index in [2.05, 4.69) is 10.5 Å². The fraction of sp³-hybridized carbons (Fsp3) is 0.200. The third-order valence-electron chi connectivity index (χ3n) is 5.00. The predicted molar refractivity (Wildman–Crippen MR) is 104 cm³/mol. The van der Waals surface area contributed by atoms with Gasteiger partial charge in [-0.25, -0.2) is 5.43 Å². The van der Waals surface area contributed by atoms with Gasteiger partial charge in [-0.15, -0.1) is 0 Å². The second-order valence-electron chi connectivity index (χ2n) is 6.88. The van der Waals surface area contributed by atoms with Gasteiger partial charge in [0.15, 0.2) is 0 Å². The molecule has 3 aromatic rings. The van der Waals surface area contributed by atoms with Crippen LogP contribution >= 0.6 is 0 Å². The molecule has 1 aliphatic rings. The average Bonchev–Trinajstić information content (AvgIpc) is 3.07. The smallest absolute Gasteiger partial charge is 0.275 e. The van der Waals surface area contributed by atoms with Crippen LogP contribution in [0.15, 0.2) is 33.8 Å². The first kappa shape index (κ1) is 19.2. The maximum atomic E-state index is 12.7. The number of furan rings is 1. The fourth-order valence-corrected chi connectivity index (χ4v) is 3.61. The maximum Gasteiger partial charge on any atom is 0.275 e. The van der Waals surface area contributed by atoms with Crippen molar-refractivity contribution in [3.63, 3.8) is 0 Å². The number of phenolic OH excluding ortho intramolecular Hbond substituents is 2. The third kappa shape index (κ3) is 3.28. The monoisotopic (exact) mass is 410 g/mol. The van der Waals surface area contributed by atoms with E-state index in [-0.39, 0.29) is 22.5 Å². The number of amides is 1. The number of hydrogen-bond donors (Lipinski definition) is 3. The Bertz CT molecular complexity index is 1210. The van der Waals surface area contributed by atoms with Crippen LogP contribution < -0.4 is 10.5 Å². The minimum absolute atomic E-state index is 0.0404. The van der Waals surface area contributed by atoms with E-state index in [1.54, 1.807) is 0 Å². The summed E-state index contributed by atoms with van der Waals surface area (Å²) < 4.78 is 5.75. The number of phenols is 2. The van der Waals surface area contributed by atoms with Gasteiger partial charge in [-0.3, -0.25) is 14.9 Å². The highest BCUT2D eigenvalue weighted by Crippen LogP contribution is 2.40. The number of nitro groups is 1. The minimum Gasteiger partial charge on any atom is -0.867 e. The molecule has 10 nitrogen and oxygen atoms in total. The normalized spacial score (nSPS) is 13.5. The third-order valence-corrected chi connectivity index (χ3v) is 5.00. The number of nitro benzene ring substituents is 1. The van der Waals surface area contributed by atoms with Crippen molar-refractivity contribution in [3.05, 3.63) is 56.8 Å². The highest BCUT2D eigenvalue weighted by molar-refractivity contribution is 6.05. The van der Waals surface area contributed by atoms with Crippen molar-refractivity contribution in [3.8, 4) is 17.2 Å². The zero-order chi connectivity index (χ0) is 21.4. The van der Waals surface area contributed by atoms with E-state index in [1.807, 2.05) is 0 Å². The van der Waals surface area contributed by atoms with Crippen LogP contribution in [0.4, 0.5) is 5.69 Å². The molecule has 1 aliphatic carbocycles. The Hall–Kier alpha value is -4.08. The molecule has 0 unspecified atom stereocenters. The largest absolute Gasteiger partial charge is 0.867 e. The molecule has 0 saturated heterocycles. The van der Waals surface area contributed by atoms with Gasteiger partial charge in [-0.1, -0.05) is 0 Å². The van der Waals surface area contributed by atoms with E-state index in [0.717, 1.165) is 36.8 Å². The summed E-state index contributed by atoms with van der Waals surface area (Å²) in [6, 6.07) is 4.54. The summed E-state index contributed by atoms with van der Waals surface area (Å²) in [4.78, 5) is 22.7. The molecular formula is C20H16N3O7-. The Kier molecular flexibility index (Phi) is 4.74. The Morgan fingerprint density at radius 3 is 2.73 bits per heavy atom. The van der Waals surface area contributed by atoms with Crippen LogP contribution in [0.2, 0.25) is 0 Å². The second-order valence-corrected chi connectivity index (χ2v) is 6.88. The Balaban J connectivity index is 1.73. The summed E-state index contributed by atoms with van der Waals surface area (Å²) in [5, 5.41) is 47.3. The van der Waals surface area contributed by atoms with Gasteiger partial charge in [-0.05, 0) is 37.1 Å². The van der Waals surface area contributed by atoms with E-state index < -0.39 is 28.0 Å². The van der Waals surface area contributed by atoms with Crippen molar-refractivity contribution in [1.29, 1.82) is 0 Å². The van der Waals surface area contributed by atoms with Gasteiger partial charge in [0.2, 0.25) is 0 Å². The summed E-state index contributed by atoms with van der Waals surface area (Å²) >= 11 is 0. The van der Waals surface area contributed by atoms with Crippen molar-refractivity contribution in [2.24, 2.45) is 5.10 Å². The zero-order valence-electron chi connectivity index (χ0n) is 15.5. The number of carbonyl (C=O) groups is 1. The Morgan fingerprint density at radius 2 is 2.00 bits per heavy atom. The molecule has 0 fully saturated rings. The maximum absolute atomic E-state index is 12.7. The number of fused-ring (bicyclic) bond motifs is 3. The molecule has 0 aliphatic heterocycles. The van der Waals surface area contributed by atoms with E-state index in [4.69, 9.17) is 4.42 Å². The number of aryl methyl sites for hydroxylation is 2. The first-order chi connectivity index (χ1) is 14.4. The minimum atomic E-state index is -0.827. The Morgan fingerprint density at radius 1 is 1.23 bits per heavy atom. The summed E-state index contributed by atoms with van der Waals surface area (Å²) in [6.45, 7) is 0. The van der Waals surface area contributed by atoms with Crippen LogP contribution in [0, 0.1) is 10.1 Å². The molecule has 3 N–H and O–H groups in total. The van der Waals surface area contributed by atoms with Crippen molar-refractivity contribution < 1.29 is 29.5 Å². The molecule has 10 heteroatoms. The molecule has 1 amide bonds. The quantitative estimate of drug-likeness (QED) is 0.338. The van der Waals surface area contributed by atoms with Gasteiger partial charge >= 0.3 is 0 Å². The lowest BCUT2D eigenvalue weighted by molar-refractivity contribution is -0.398. The van der Waals surface area contributed by atoms with E-state index in [9.17, 15) is 30.2 Å². The number of nitrogens with one attached hydrogen (secondary N) is 1. The predicted octanol–water partition coefficient (Wildman–Crippen LogP) is 2.47. The SMILES string of the molecule is O=C(NN=Cc1c([O-])c([N+](=O)[O-])cc2oc3c(c12)CCCC3)c1ccc(O)cc1O. The summed E-state index contributed by atoms with van der Waals surface area (Å²) in [5.74, 6) is -1.58. The number of rotatable bonds is 4. The van der Waals surface area contributed by atoms with Gasteiger partial charge < -0.3 is 19.7 Å². The average molecular weight is 410 g/mol. The second kappa shape index (κ2) is 7.39. The highest BCUT2D eigenvalue weighted by Gasteiger charge is 2.24. The van der Waals surface area contributed by atoms with Crippen LogP contribution in [0.25, 0.3) is 11.0 Å². The van der Waals surface area contributed by atoms with Gasteiger partial charge in [0.1, 0.15) is 22.8 Å². The molecule has 154 valence electrons. The van der Waals surface area contributed by atoms with Gasteiger partial charge in [-0.2, -0.15) is 5.10 Å². The van der Waals surface area contributed by atoms with Crippen LogP contribution in [-0.4, -0.2) is 27.3 Å². The molecule has 0 atom stereocenters. The van der Waals surface area contributed by atoms with Gasteiger partial charge in [0, 0.05) is 29.0 Å². The number of nitrogens with zero attached hydrogens (tertiary/aromatic N) is 2. The topological polar surface area (TPSA) is 161 Å². The van der Waals surface area contributed by atoms with Crippen molar-refractivity contribution in [2.45, 2.75) is 25.7 Å². The molecule has 0 spiro atoms. The van der Waals surface area contributed by atoms with Crippen LogP contribution in [-0.2, 0) is 12.8 Å². The number of aromatic hydroxyl groups is 2. The van der Waals surface area contributed by atoms with E-state index >= 15 is 0 Å². The first-order valence-electron chi connectivity index (χ1n) is 9.15. The van der Waals surface area contributed by atoms with Crippen LogP contribution in [0.1, 0.15) is 40.1 Å².